The molecule has 2 aromatic rings. The van der Waals surface area contributed by atoms with Crippen LogP contribution in [0.2, 0.25) is 0 Å². The molecule has 2 aromatic carbocycles. The minimum absolute atomic E-state index is 0.0976. The number of alkyl halides is 3. The number of nitrogens with two attached hydrogens (primary N) is 1. The highest BCUT2D eigenvalue weighted by atomic mass is 19.4. The van der Waals surface area contributed by atoms with E-state index >= 15 is 0 Å². The van der Waals surface area contributed by atoms with Crippen molar-refractivity contribution in [1.82, 2.24) is 0 Å². The lowest BCUT2D eigenvalue weighted by molar-refractivity contribution is -0.137. The molecule has 0 aliphatic carbocycles. The number of para-hydroxylation sites is 1. The zero-order chi connectivity index (χ0) is 16.2. The first kappa shape index (κ1) is 16.4. The van der Waals surface area contributed by atoms with E-state index in [1.165, 1.54) is 12.1 Å². The van der Waals surface area contributed by atoms with Crippen LogP contribution in [-0.2, 0) is 12.6 Å². The van der Waals surface area contributed by atoms with Gasteiger partial charge in [-0.25, -0.2) is 0 Å². The smallest absolute Gasteiger partial charge is 0.416 e. The lowest BCUT2D eigenvalue weighted by Crippen LogP contribution is -2.16. The second kappa shape index (κ2) is 6.83. The summed E-state index contributed by atoms with van der Waals surface area (Å²) in [7, 11) is 1.57. The van der Waals surface area contributed by atoms with Gasteiger partial charge in [0.05, 0.1) is 12.7 Å². The van der Waals surface area contributed by atoms with E-state index in [1.54, 1.807) is 13.2 Å². The van der Waals surface area contributed by atoms with Crippen molar-refractivity contribution in [2.24, 2.45) is 5.73 Å². The van der Waals surface area contributed by atoms with Crippen LogP contribution in [0, 0.1) is 0 Å². The molecule has 0 saturated carbocycles. The Labute approximate surface area is 127 Å². The number of halogens is 3. The fourth-order valence-electron chi connectivity index (χ4n) is 2.48. The van der Waals surface area contributed by atoms with E-state index in [0.29, 0.717) is 24.3 Å². The first-order valence-corrected chi connectivity index (χ1v) is 6.95. The molecular formula is C17H18F3NO. The van der Waals surface area contributed by atoms with Crippen LogP contribution in [0.5, 0.6) is 5.75 Å². The summed E-state index contributed by atoms with van der Waals surface area (Å²) in [4.78, 5) is 0. The van der Waals surface area contributed by atoms with E-state index in [1.807, 2.05) is 24.3 Å². The Morgan fingerprint density at radius 1 is 1.09 bits per heavy atom. The molecule has 0 aliphatic heterocycles. The summed E-state index contributed by atoms with van der Waals surface area (Å²) >= 11 is 0. The van der Waals surface area contributed by atoms with Gasteiger partial charge in [0, 0.05) is 5.92 Å². The number of methoxy groups -OCH3 is 1. The Bertz CT molecular complexity index is 625. The van der Waals surface area contributed by atoms with Gasteiger partial charge in [-0.05, 0) is 36.2 Å². The summed E-state index contributed by atoms with van der Waals surface area (Å²) < 4.78 is 43.7. The van der Waals surface area contributed by atoms with E-state index in [2.05, 4.69) is 0 Å². The van der Waals surface area contributed by atoms with Crippen LogP contribution in [0.25, 0.3) is 0 Å². The molecule has 118 valence electrons. The fraction of sp³-hybridized carbons (Fsp3) is 0.294. The molecule has 0 heterocycles. The van der Waals surface area contributed by atoms with Gasteiger partial charge < -0.3 is 10.5 Å². The van der Waals surface area contributed by atoms with Crippen molar-refractivity contribution < 1.29 is 17.9 Å². The van der Waals surface area contributed by atoms with Crippen molar-refractivity contribution in [3.8, 4) is 5.75 Å². The van der Waals surface area contributed by atoms with Crippen LogP contribution < -0.4 is 10.5 Å². The van der Waals surface area contributed by atoms with Crippen molar-refractivity contribution in [2.45, 2.75) is 18.5 Å². The molecule has 22 heavy (non-hydrogen) atoms. The Kier molecular flexibility index (Phi) is 5.08. The van der Waals surface area contributed by atoms with Crippen molar-refractivity contribution in [2.75, 3.05) is 13.7 Å². The quantitative estimate of drug-likeness (QED) is 0.906. The van der Waals surface area contributed by atoms with Crippen LogP contribution in [0.1, 0.15) is 22.6 Å². The molecule has 0 bridgehead atoms. The first-order chi connectivity index (χ1) is 10.5. The Balaban J connectivity index is 2.27. The molecule has 1 atom stereocenters. The Morgan fingerprint density at radius 2 is 1.82 bits per heavy atom. The fourth-order valence-corrected chi connectivity index (χ4v) is 2.48. The predicted molar refractivity (Wildman–Crippen MR) is 79.9 cm³/mol. The van der Waals surface area contributed by atoms with Gasteiger partial charge in [-0.15, -0.1) is 0 Å². The van der Waals surface area contributed by atoms with Gasteiger partial charge in [-0.3, -0.25) is 0 Å². The SMILES string of the molecule is COc1ccccc1C(CN)Cc1cccc(C(F)(F)F)c1. The Morgan fingerprint density at radius 3 is 2.45 bits per heavy atom. The highest BCUT2D eigenvalue weighted by Gasteiger charge is 2.30. The topological polar surface area (TPSA) is 35.2 Å². The van der Waals surface area contributed by atoms with E-state index in [0.717, 1.165) is 11.6 Å². The predicted octanol–water partition coefficient (Wildman–Crippen LogP) is 4.00. The summed E-state index contributed by atoms with van der Waals surface area (Å²) in [6.45, 7) is 0.330. The molecule has 0 amide bonds. The van der Waals surface area contributed by atoms with Crippen LogP contribution in [0.4, 0.5) is 13.2 Å². The number of benzene rings is 2. The number of rotatable bonds is 5. The van der Waals surface area contributed by atoms with E-state index in [4.69, 9.17) is 10.5 Å². The molecule has 0 aliphatic rings. The lowest BCUT2D eigenvalue weighted by atomic mass is 9.91. The van der Waals surface area contributed by atoms with Crippen LogP contribution >= 0.6 is 0 Å². The molecule has 0 radical (unpaired) electrons. The third-order valence-electron chi connectivity index (χ3n) is 3.60. The third-order valence-corrected chi connectivity index (χ3v) is 3.60. The van der Waals surface area contributed by atoms with E-state index in [9.17, 15) is 13.2 Å². The minimum atomic E-state index is -4.33. The monoisotopic (exact) mass is 309 g/mol. The maximum Gasteiger partial charge on any atom is 0.416 e. The van der Waals surface area contributed by atoms with Crippen molar-refractivity contribution >= 4 is 0 Å². The molecule has 0 spiro atoms. The summed E-state index contributed by atoms with van der Waals surface area (Å²) in [6.07, 6.45) is -3.90. The molecule has 5 heteroatoms. The Hall–Kier alpha value is -2.01. The third kappa shape index (κ3) is 3.80. The zero-order valence-electron chi connectivity index (χ0n) is 12.2. The van der Waals surface area contributed by atoms with Gasteiger partial charge in [0.15, 0.2) is 0 Å². The largest absolute Gasteiger partial charge is 0.496 e. The number of hydrogen-bond acceptors (Lipinski definition) is 2. The normalized spacial score (nSPS) is 13.0. The average Bonchev–Trinajstić information content (AvgIpc) is 2.52. The van der Waals surface area contributed by atoms with Crippen LogP contribution in [0.15, 0.2) is 48.5 Å². The van der Waals surface area contributed by atoms with Gasteiger partial charge in [0.1, 0.15) is 5.75 Å². The average molecular weight is 309 g/mol. The number of ether oxygens (including phenoxy) is 1. The maximum absolute atomic E-state index is 12.8. The molecule has 0 saturated heterocycles. The molecule has 2 rings (SSSR count). The highest BCUT2D eigenvalue weighted by Crippen LogP contribution is 2.32. The van der Waals surface area contributed by atoms with Crippen molar-refractivity contribution in [3.05, 3.63) is 65.2 Å². The molecule has 2 N–H and O–H groups in total. The molecular weight excluding hydrogens is 291 g/mol. The second-order valence-corrected chi connectivity index (χ2v) is 5.08. The standard InChI is InChI=1S/C17H18F3NO/c1-22-16-8-3-2-7-15(16)13(11-21)9-12-5-4-6-14(10-12)17(18,19)20/h2-8,10,13H,9,11,21H2,1H3. The van der Waals surface area contributed by atoms with Gasteiger partial charge in [-0.2, -0.15) is 13.2 Å². The first-order valence-electron chi connectivity index (χ1n) is 6.95. The van der Waals surface area contributed by atoms with Crippen LogP contribution in [-0.4, -0.2) is 13.7 Å². The van der Waals surface area contributed by atoms with Crippen molar-refractivity contribution in [3.63, 3.8) is 0 Å². The van der Waals surface area contributed by atoms with Crippen molar-refractivity contribution in [1.29, 1.82) is 0 Å². The van der Waals surface area contributed by atoms with E-state index in [-0.39, 0.29) is 5.92 Å². The second-order valence-electron chi connectivity index (χ2n) is 5.08. The molecule has 1 unspecified atom stereocenters. The summed E-state index contributed by atoms with van der Waals surface area (Å²) in [5, 5.41) is 0. The summed E-state index contributed by atoms with van der Waals surface area (Å²) in [5.74, 6) is 0.601. The summed E-state index contributed by atoms with van der Waals surface area (Å²) in [5.41, 5.74) is 6.70. The van der Waals surface area contributed by atoms with Gasteiger partial charge in [-0.1, -0.05) is 36.4 Å². The van der Waals surface area contributed by atoms with Gasteiger partial charge >= 0.3 is 6.18 Å². The van der Waals surface area contributed by atoms with Crippen LogP contribution in [0.3, 0.4) is 0 Å². The minimum Gasteiger partial charge on any atom is -0.496 e. The molecule has 2 nitrogen and oxygen atoms in total. The van der Waals surface area contributed by atoms with Gasteiger partial charge in [0.25, 0.3) is 0 Å². The van der Waals surface area contributed by atoms with Gasteiger partial charge in [0.2, 0.25) is 0 Å². The molecule has 0 fully saturated rings. The molecule has 0 aromatic heterocycles. The lowest BCUT2D eigenvalue weighted by Gasteiger charge is -2.19. The highest BCUT2D eigenvalue weighted by molar-refractivity contribution is 5.38. The zero-order valence-corrected chi connectivity index (χ0v) is 12.2. The summed E-state index contributed by atoms with van der Waals surface area (Å²) in [6, 6.07) is 12.8. The number of hydrogen-bond donors (Lipinski definition) is 1. The maximum atomic E-state index is 12.8. The van der Waals surface area contributed by atoms with E-state index < -0.39 is 11.7 Å².